The molecule has 0 saturated heterocycles. The molecule has 0 aliphatic carbocycles. The second-order valence-electron chi connectivity index (χ2n) is 1.22. The number of amides is 1. The molecule has 4 heteroatoms. The molecule has 1 amide bonds. The number of rotatable bonds is 2. The fraction of sp³-hybridized carbons (Fsp3) is 0.500. The molecule has 0 unspecified atom stereocenters. The van der Waals surface area contributed by atoms with Gasteiger partial charge in [0.25, 0.3) is 5.91 Å². The van der Waals surface area contributed by atoms with Gasteiger partial charge in [-0.25, -0.2) is 4.21 Å². The van der Waals surface area contributed by atoms with Gasteiger partial charge >= 0.3 is 0 Å². The highest BCUT2D eigenvalue weighted by Gasteiger charge is 1.99. The van der Waals surface area contributed by atoms with Gasteiger partial charge in [-0.2, -0.15) is 0 Å². The minimum atomic E-state index is -0.604. The van der Waals surface area contributed by atoms with E-state index in [1.165, 1.54) is 0 Å². The minimum absolute atomic E-state index is 0.170. The van der Waals surface area contributed by atoms with Crippen molar-refractivity contribution in [1.82, 2.24) is 0 Å². The van der Waals surface area contributed by atoms with Crippen LogP contribution in [0.5, 0.6) is 0 Å². The van der Waals surface area contributed by atoms with Crippen LogP contribution in [0.2, 0.25) is 0 Å². The summed E-state index contributed by atoms with van der Waals surface area (Å²) in [6.07, 6.45) is 0.434. The average Bonchev–Trinajstić information content (AvgIpc) is 1.69. The molecular weight excluding hydrogens is 126 g/mol. The van der Waals surface area contributed by atoms with Crippen LogP contribution in [0.3, 0.4) is 0 Å². The van der Waals surface area contributed by atoms with Crippen molar-refractivity contribution in [2.24, 2.45) is 5.73 Å². The molecule has 8 heavy (non-hydrogen) atoms. The first-order valence-electron chi connectivity index (χ1n) is 2.17. The van der Waals surface area contributed by atoms with Gasteiger partial charge in [-0.05, 0) is 6.42 Å². The van der Waals surface area contributed by atoms with E-state index >= 15 is 0 Å². The molecule has 0 spiro atoms. The quantitative estimate of drug-likeness (QED) is 0.505. The first-order chi connectivity index (χ1) is 3.72. The van der Waals surface area contributed by atoms with E-state index in [-0.39, 0.29) is 16.1 Å². The maximum Gasteiger partial charge on any atom is 0.257 e. The highest BCUT2D eigenvalue weighted by molar-refractivity contribution is 7.68. The van der Waals surface area contributed by atoms with Crippen molar-refractivity contribution in [1.29, 1.82) is 0 Å². The molecule has 0 fully saturated rings. The van der Waals surface area contributed by atoms with Gasteiger partial charge in [0.15, 0.2) is 0 Å². The molecule has 0 aromatic carbocycles. The SMILES string of the molecule is CCC(=S=O)C(N)=O. The van der Waals surface area contributed by atoms with Crippen LogP contribution in [-0.2, 0) is 16.1 Å². The Morgan fingerprint density at radius 3 is 2.25 bits per heavy atom. The van der Waals surface area contributed by atoms with E-state index in [9.17, 15) is 9.00 Å². The van der Waals surface area contributed by atoms with Gasteiger partial charge in [0.05, 0.1) is 11.3 Å². The van der Waals surface area contributed by atoms with Crippen LogP contribution >= 0.6 is 0 Å². The lowest BCUT2D eigenvalue weighted by atomic mass is 10.3. The van der Waals surface area contributed by atoms with Crippen molar-refractivity contribution in [2.45, 2.75) is 13.3 Å². The van der Waals surface area contributed by atoms with Crippen LogP contribution < -0.4 is 5.73 Å². The summed E-state index contributed by atoms with van der Waals surface area (Å²) >= 11 is 0.170. The van der Waals surface area contributed by atoms with Gasteiger partial charge < -0.3 is 5.73 Å². The number of carbonyl (C=O) groups excluding carboxylic acids is 1. The third kappa shape index (κ3) is 1.88. The predicted octanol–water partition coefficient (Wildman–Crippen LogP) is -0.733. The van der Waals surface area contributed by atoms with Crippen molar-refractivity contribution < 1.29 is 9.00 Å². The highest BCUT2D eigenvalue weighted by atomic mass is 32.1. The molecule has 0 radical (unpaired) electrons. The van der Waals surface area contributed by atoms with E-state index in [0.717, 1.165) is 0 Å². The molecule has 0 aromatic heterocycles. The van der Waals surface area contributed by atoms with Crippen LogP contribution in [0, 0.1) is 0 Å². The monoisotopic (exact) mass is 133 g/mol. The summed E-state index contributed by atoms with van der Waals surface area (Å²) in [6, 6.07) is 0. The molecule has 0 atom stereocenters. The summed E-state index contributed by atoms with van der Waals surface area (Å²) in [5, 5.41) is 0. The Morgan fingerprint density at radius 2 is 2.25 bits per heavy atom. The van der Waals surface area contributed by atoms with Gasteiger partial charge in [-0.3, -0.25) is 4.79 Å². The highest BCUT2D eigenvalue weighted by Crippen LogP contribution is 1.76. The van der Waals surface area contributed by atoms with Crippen molar-refractivity contribution in [3.05, 3.63) is 0 Å². The summed E-state index contributed by atoms with van der Waals surface area (Å²) in [6.45, 7) is 1.71. The zero-order valence-corrected chi connectivity index (χ0v) is 5.33. The van der Waals surface area contributed by atoms with Crippen molar-refractivity contribution in [3.8, 4) is 0 Å². The van der Waals surface area contributed by atoms with Crippen molar-refractivity contribution >= 4 is 22.0 Å². The fourth-order valence-corrected chi connectivity index (χ4v) is 0.474. The number of nitrogens with two attached hydrogens (primary N) is 1. The van der Waals surface area contributed by atoms with Crippen molar-refractivity contribution in [2.75, 3.05) is 0 Å². The predicted molar refractivity (Wildman–Crippen MR) is 32.6 cm³/mol. The molecule has 0 saturated carbocycles. The van der Waals surface area contributed by atoms with Crippen LogP contribution in [0.25, 0.3) is 0 Å². The lowest BCUT2D eigenvalue weighted by molar-refractivity contribution is -0.111. The summed E-state index contributed by atoms with van der Waals surface area (Å²) in [5.41, 5.74) is 4.76. The molecule has 3 nitrogen and oxygen atoms in total. The van der Waals surface area contributed by atoms with Gasteiger partial charge in [0.2, 0.25) is 0 Å². The minimum Gasteiger partial charge on any atom is -0.365 e. The van der Waals surface area contributed by atoms with Gasteiger partial charge in [0, 0.05) is 0 Å². The zero-order valence-electron chi connectivity index (χ0n) is 4.51. The van der Waals surface area contributed by atoms with E-state index < -0.39 is 5.91 Å². The summed E-state index contributed by atoms with van der Waals surface area (Å²) in [4.78, 5) is 10.3. The molecule has 0 heterocycles. The van der Waals surface area contributed by atoms with E-state index in [0.29, 0.717) is 6.42 Å². The zero-order chi connectivity index (χ0) is 6.57. The molecule has 0 aliphatic rings. The third-order valence-electron chi connectivity index (χ3n) is 0.697. The summed E-state index contributed by atoms with van der Waals surface area (Å²) in [7, 11) is 0. The van der Waals surface area contributed by atoms with E-state index in [4.69, 9.17) is 5.73 Å². The maximum atomic E-state index is 10.1. The first kappa shape index (κ1) is 7.36. The van der Waals surface area contributed by atoms with E-state index in [2.05, 4.69) is 0 Å². The lowest BCUT2D eigenvalue weighted by Crippen LogP contribution is -2.21. The number of hydrogen-bond acceptors (Lipinski definition) is 2. The smallest absolute Gasteiger partial charge is 0.257 e. The van der Waals surface area contributed by atoms with E-state index in [1.54, 1.807) is 6.92 Å². The fourth-order valence-electron chi connectivity index (χ4n) is 0.274. The molecule has 0 aliphatic heterocycles. The van der Waals surface area contributed by atoms with Crippen LogP contribution in [0.1, 0.15) is 13.3 Å². The van der Waals surface area contributed by atoms with Crippen LogP contribution in [0.4, 0.5) is 0 Å². The molecule has 0 aromatic rings. The normalized spacial score (nSPS) is 8.12. The Morgan fingerprint density at radius 1 is 1.75 bits per heavy atom. The number of primary amides is 1. The van der Waals surface area contributed by atoms with Crippen molar-refractivity contribution in [3.63, 3.8) is 0 Å². The Kier molecular flexibility index (Phi) is 3.10. The Labute approximate surface area is 50.9 Å². The lowest BCUT2D eigenvalue weighted by Gasteiger charge is -1.86. The van der Waals surface area contributed by atoms with Crippen LogP contribution in [-0.4, -0.2) is 15.0 Å². The molecule has 0 bridgehead atoms. The second-order valence-corrected chi connectivity index (χ2v) is 1.88. The Hall–Kier alpha value is -0.640. The maximum absolute atomic E-state index is 10.1. The Balaban J connectivity index is 4.14. The molecule has 46 valence electrons. The summed E-state index contributed by atoms with van der Waals surface area (Å²) in [5.74, 6) is -0.604. The number of carbonyl (C=O) groups is 1. The largest absolute Gasteiger partial charge is 0.365 e. The Bertz CT molecular complexity index is 148. The van der Waals surface area contributed by atoms with Crippen LogP contribution in [0.15, 0.2) is 0 Å². The first-order valence-corrected chi connectivity index (χ1v) is 2.92. The van der Waals surface area contributed by atoms with Gasteiger partial charge in [-0.1, -0.05) is 6.92 Å². The van der Waals surface area contributed by atoms with E-state index in [1.807, 2.05) is 0 Å². The van der Waals surface area contributed by atoms with Gasteiger partial charge in [0.1, 0.15) is 4.86 Å². The summed E-state index contributed by atoms with van der Waals surface area (Å²) < 4.78 is 9.88. The average molecular weight is 133 g/mol. The molecule has 2 N–H and O–H groups in total. The number of hydrogen-bond donors (Lipinski definition) is 1. The molecular formula is C4H7NO2S. The second kappa shape index (κ2) is 3.37. The third-order valence-corrected chi connectivity index (χ3v) is 1.39. The van der Waals surface area contributed by atoms with Gasteiger partial charge in [-0.15, -0.1) is 0 Å². The molecule has 0 rings (SSSR count). The standard InChI is InChI=1S/C4H7NO2S/c1-2-3(8-7)4(5)6/h2H2,1H3,(H2,5,6). The topological polar surface area (TPSA) is 60.2 Å².